The molecule has 7 heterocycles. The second-order valence-corrected chi connectivity index (χ2v) is 30.9. The molecule has 0 unspecified atom stereocenters. The Labute approximate surface area is 706 Å². The minimum Gasteiger partial charge on any atom is -0.454 e. The van der Waals surface area contributed by atoms with Crippen molar-refractivity contribution < 1.29 is 110 Å². The molecule has 5 saturated heterocycles. The van der Waals surface area contributed by atoms with Gasteiger partial charge in [-0.05, 0) is 72.2 Å². The second kappa shape index (κ2) is 41.2. The molecule has 638 valence electrons. The van der Waals surface area contributed by atoms with Crippen molar-refractivity contribution in [2.45, 2.75) is 210 Å². The molecule has 8 aromatic carbocycles. The second-order valence-electron chi connectivity index (χ2n) is 30.9. The van der Waals surface area contributed by atoms with E-state index >= 15 is 9.59 Å². The summed E-state index contributed by atoms with van der Waals surface area (Å²) >= 11 is 0. The molecule has 15 rings (SSSR count). The predicted molar refractivity (Wildman–Crippen MR) is 436 cm³/mol. The van der Waals surface area contributed by atoms with Crippen molar-refractivity contribution in [3.8, 4) is 0 Å². The first-order valence-corrected chi connectivity index (χ1v) is 40.9. The zero-order valence-electron chi connectivity index (χ0n) is 68.2. The highest BCUT2D eigenvalue weighted by molar-refractivity contribution is 6.19. The first kappa shape index (κ1) is 86.6. The lowest BCUT2D eigenvalue weighted by molar-refractivity contribution is -0.409. The summed E-state index contributed by atoms with van der Waals surface area (Å²) in [5.41, 5.74) is 16.7. The summed E-state index contributed by atoms with van der Waals surface area (Å²) in [6, 6.07) is 71.1. The lowest BCUT2D eigenvalue weighted by Gasteiger charge is -2.54. The highest BCUT2D eigenvalue weighted by Crippen LogP contribution is 2.45. The first-order chi connectivity index (χ1) is 59.5. The first-order valence-electron chi connectivity index (χ1n) is 40.9. The van der Waals surface area contributed by atoms with E-state index in [1.54, 1.807) is 0 Å². The molecule has 8 aromatic rings. The Morgan fingerprint density at radius 2 is 0.746 bits per heavy atom. The fraction of sp³-hybridized carbons (Fsp3) is 0.394. The van der Waals surface area contributed by atoms with Gasteiger partial charge >= 0.3 is 5.97 Å². The minimum atomic E-state index is -1.96. The zero-order valence-corrected chi connectivity index (χ0v) is 68.2. The molecular weight excluding hydrogens is 1570 g/mol. The average molecular weight is 1670 g/mol. The Morgan fingerprint density at radius 1 is 0.402 bits per heavy atom. The maximum Gasteiger partial charge on any atom is 0.303 e. The van der Waals surface area contributed by atoms with Gasteiger partial charge in [0.15, 0.2) is 37.5 Å². The van der Waals surface area contributed by atoms with Crippen LogP contribution >= 0.6 is 0 Å². The topological polar surface area (TPSA) is 318 Å². The number of hydrogen-bond acceptors (Lipinski definition) is 24. The van der Waals surface area contributed by atoms with Crippen LogP contribution in [-0.2, 0) is 151 Å². The van der Waals surface area contributed by atoms with Gasteiger partial charge in [-0.2, -0.15) is 0 Å². The van der Waals surface area contributed by atoms with E-state index in [-0.39, 0.29) is 95.0 Å². The summed E-state index contributed by atoms with van der Waals surface area (Å²) in [5.74, 6) is -3.71. The number of imide groups is 2. The molecule has 0 saturated carbocycles. The highest BCUT2D eigenvalue weighted by Gasteiger charge is 2.63. The lowest BCUT2D eigenvalue weighted by atomic mass is 9.91. The Kier molecular flexibility index (Phi) is 29.2. The minimum absolute atomic E-state index is 0.000605. The van der Waals surface area contributed by atoms with Crippen LogP contribution in [0.1, 0.15) is 85.4 Å². The van der Waals surface area contributed by atoms with E-state index in [1.165, 1.54) is 34.6 Å². The molecule has 0 aromatic heterocycles. The third-order valence-electron chi connectivity index (χ3n) is 22.8. The molecule has 0 spiro atoms. The van der Waals surface area contributed by atoms with Gasteiger partial charge in [0.25, 0.3) is 23.6 Å². The van der Waals surface area contributed by atoms with Crippen molar-refractivity contribution >= 4 is 29.6 Å². The van der Waals surface area contributed by atoms with Crippen LogP contribution < -0.4 is 0 Å². The van der Waals surface area contributed by atoms with Crippen molar-refractivity contribution in [3.63, 3.8) is 0 Å². The number of rotatable bonds is 35. The summed E-state index contributed by atoms with van der Waals surface area (Å²) in [6.45, 7) is 6.07. The Morgan fingerprint density at radius 3 is 1.16 bits per heavy atom. The number of azide groups is 1. The van der Waals surface area contributed by atoms with E-state index in [4.69, 9.17) is 80.5 Å². The number of carbonyl (C=O) groups is 5. The van der Waals surface area contributed by atoms with Crippen LogP contribution in [0.25, 0.3) is 10.4 Å². The number of esters is 1. The average Bonchev–Trinajstić information content (AvgIpc) is 1.50. The molecule has 7 aliphatic heterocycles. The number of benzene rings is 8. The van der Waals surface area contributed by atoms with E-state index in [0.717, 1.165) is 37.6 Å². The normalized spacial score (nSPS) is 29.2. The van der Waals surface area contributed by atoms with Gasteiger partial charge in [-0.25, -0.2) is 0 Å². The van der Waals surface area contributed by atoms with Gasteiger partial charge in [0.2, 0.25) is 0 Å². The van der Waals surface area contributed by atoms with E-state index in [0.29, 0.717) is 16.7 Å². The molecule has 4 amide bonds. The van der Waals surface area contributed by atoms with Gasteiger partial charge in [-0.1, -0.05) is 248 Å². The van der Waals surface area contributed by atoms with Gasteiger partial charge in [0, 0.05) is 39.7 Å². The van der Waals surface area contributed by atoms with Gasteiger partial charge in [-0.3, -0.25) is 33.8 Å². The number of hydrogen-bond donors (Lipinski definition) is 1. The Bertz CT molecular complexity index is 4860. The van der Waals surface area contributed by atoms with Crippen LogP contribution in [0.3, 0.4) is 0 Å². The molecule has 0 radical (unpaired) electrons. The molecule has 28 heteroatoms. The molecule has 7 aliphatic rings. The Balaban J connectivity index is 0.854. The van der Waals surface area contributed by atoms with Crippen LogP contribution in [0.2, 0.25) is 0 Å². The molecule has 28 nitrogen and oxygen atoms in total. The SMILES string of the molecule is CC(=O)O[C@@H]1[C@@H](O[C@@H]2[C@H](O)[C@H](O[C@H]3[C@H](OCc4ccccc4)[C@@H](N4C(=O)C(C)=C(C)C4=O)[C@H](O[C@H]4[C@H](OCc5ccccc5)[C@@H](N5C(=O)C(C)=C(C)C5=O)[C@H](N=[N+]=[N-])O[C@@H]4COCc4ccccc4)O[C@@H]3COCc3ccccc3)O[C@@H]3CO[C@@H](c4ccccc4)O[C@@H]23)O[C@H](COCc2ccccc2)[C@@H](OCc2ccccc2)[C@@H]1OCc1ccccc1. The van der Waals surface area contributed by atoms with Crippen LogP contribution in [0.15, 0.2) is 270 Å². The summed E-state index contributed by atoms with van der Waals surface area (Å²) in [4.78, 5) is 80.0. The monoisotopic (exact) mass is 1670 g/mol. The van der Waals surface area contributed by atoms with Gasteiger partial charge < -0.3 is 85.6 Å². The fourth-order valence-corrected chi connectivity index (χ4v) is 16.2. The molecular formula is C94H99N5O23. The molecule has 21 atom stereocenters. The number of fused-ring (bicyclic) bond motifs is 1. The largest absolute Gasteiger partial charge is 0.454 e. The van der Waals surface area contributed by atoms with E-state index in [2.05, 4.69) is 10.0 Å². The summed E-state index contributed by atoms with van der Waals surface area (Å²) < 4.78 is 119. The standard InChI is InChI=1S/C94H99N5O23/c1-57-58(2)88(103)98(87(57)102)74-81(110-50-66-38-22-10-23-39-66)78(71(115-86(74)96-97-95)54-107-47-63-32-16-7-17-33-63)120-92-75(99-89(104)59(3)60(4)90(99)105)82(111-51-67-40-24-11-25-41-67)79(72(116-92)55-108-48-64-34-18-8-19-35-64)121-93-76(101)83(80-73(117-93)56-113-91(119-80)69-44-28-13-29-45-69)122-94-85(114-61(5)100)84(112-52-68-42-26-12-27-43-68)77(109-49-65-36-20-9-21-37-65)70(118-94)53-106-46-62-30-14-6-15-31-62/h6-45,70-86,91-94,101H,46-56H2,1-5H3/t70-,71-,72-,73-,74-,75-,76+,77-,78-,79-,80-,81-,82-,83-,84+,85+,86-,91-,92+,93+,94-/m1/s1. The number of carbonyl (C=O) groups excluding carboxylic acids is 5. The van der Waals surface area contributed by atoms with Gasteiger partial charge in [0.1, 0.15) is 91.4 Å². The smallest absolute Gasteiger partial charge is 0.303 e. The Hall–Kier alpha value is -10.4. The molecule has 0 aliphatic carbocycles. The van der Waals surface area contributed by atoms with E-state index < -0.39 is 159 Å². The van der Waals surface area contributed by atoms with Crippen molar-refractivity contribution in [2.24, 2.45) is 5.11 Å². The van der Waals surface area contributed by atoms with E-state index in [1.807, 2.05) is 243 Å². The van der Waals surface area contributed by atoms with Crippen LogP contribution in [-0.4, -0.2) is 194 Å². The number of aliphatic hydroxyl groups excluding tert-OH is 1. The number of nitrogens with zero attached hydrogens (tertiary/aromatic N) is 5. The molecule has 0 bridgehead atoms. The highest BCUT2D eigenvalue weighted by atomic mass is 16.8. The summed E-state index contributed by atoms with van der Waals surface area (Å²) in [5, 5.41) is 18.1. The molecule has 1 N–H and O–H groups in total. The van der Waals surface area contributed by atoms with Gasteiger partial charge in [0.05, 0.1) is 72.7 Å². The predicted octanol–water partition coefficient (Wildman–Crippen LogP) is 11.9. The lowest BCUT2D eigenvalue weighted by Crippen LogP contribution is -2.72. The van der Waals surface area contributed by atoms with Crippen molar-refractivity contribution in [2.75, 3.05) is 26.4 Å². The zero-order chi connectivity index (χ0) is 84.6. The van der Waals surface area contributed by atoms with Crippen LogP contribution in [0, 0.1) is 0 Å². The third-order valence-corrected chi connectivity index (χ3v) is 22.8. The van der Waals surface area contributed by atoms with Crippen molar-refractivity contribution in [1.82, 2.24) is 9.80 Å². The maximum atomic E-state index is 15.6. The van der Waals surface area contributed by atoms with Crippen molar-refractivity contribution in [1.29, 1.82) is 0 Å². The molecule has 122 heavy (non-hydrogen) atoms. The number of amides is 4. The summed E-state index contributed by atoms with van der Waals surface area (Å²) in [6.07, 6.45) is -27.9. The quantitative estimate of drug-likeness (QED) is 0.0127. The third kappa shape index (κ3) is 20.4. The van der Waals surface area contributed by atoms with Crippen LogP contribution in [0.5, 0.6) is 0 Å². The molecule has 5 fully saturated rings. The fourth-order valence-electron chi connectivity index (χ4n) is 16.2. The van der Waals surface area contributed by atoms with Crippen molar-refractivity contribution in [3.05, 3.63) is 320 Å². The number of aliphatic hydroxyl groups is 1. The number of ether oxygens (including phenoxy) is 17. The van der Waals surface area contributed by atoms with E-state index in [9.17, 15) is 25.0 Å². The van der Waals surface area contributed by atoms with Crippen LogP contribution in [0.4, 0.5) is 0 Å². The summed E-state index contributed by atoms with van der Waals surface area (Å²) in [7, 11) is 0. The van der Waals surface area contributed by atoms with Gasteiger partial charge in [-0.15, -0.1) is 0 Å². The maximum absolute atomic E-state index is 15.6.